The summed E-state index contributed by atoms with van der Waals surface area (Å²) in [7, 11) is 0. The van der Waals surface area contributed by atoms with E-state index >= 15 is 0 Å². The molecule has 0 spiro atoms. The largest absolute Gasteiger partial charge is 0.340 e. The second-order valence-corrected chi connectivity index (χ2v) is 5.32. The first-order valence-electron chi connectivity index (χ1n) is 7.12. The molecule has 2 fully saturated rings. The Morgan fingerprint density at radius 2 is 2.00 bits per heavy atom. The van der Waals surface area contributed by atoms with Crippen molar-refractivity contribution in [1.29, 1.82) is 0 Å². The summed E-state index contributed by atoms with van der Waals surface area (Å²) < 4.78 is 0. The lowest BCUT2D eigenvalue weighted by Crippen LogP contribution is -2.64. The van der Waals surface area contributed by atoms with Crippen LogP contribution in [0.15, 0.2) is 30.3 Å². The normalized spacial score (nSPS) is 24.3. The van der Waals surface area contributed by atoms with Crippen molar-refractivity contribution in [3.8, 4) is 0 Å². The fourth-order valence-electron chi connectivity index (χ4n) is 2.96. The van der Waals surface area contributed by atoms with Gasteiger partial charge in [-0.25, -0.2) is 0 Å². The van der Waals surface area contributed by atoms with Crippen LogP contribution in [0.4, 0.5) is 0 Å². The van der Waals surface area contributed by atoms with Crippen molar-refractivity contribution in [1.82, 2.24) is 15.1 Å². The zero-order valence-electron chi connectivity index (χ0n) is 11.2. The molecule has 1 aromatic carbocycles. The third kappa shape index (κ3) is 2.80. The van der Waals surface area contributed by atoms with Gasteiger partial charge >= 0.3 is 0 Å². The summed E-state index contributed by atoms with van der Waals surface area (Å²) in [4.78, 5) is 16.8. The maximum absolute atomic E-state index is 12.4. The quantitative estimate of drug-likeness (QED) is 0.850. The molecule has 0 aromatic heterocycles. The Bertz CT molecular complexity index is 434. The molecule has 4 heteroatoms. The molecule has 1 amide bonds. The van der Waals surface area contributed by atoms with Crippen LogP contribution < -0.4 is 5.32 Å². The monoisotopic (exact) mass is 259 g/mol. The van der Waals surface area contributed by atoms with Crippen molar-refractivity contribution in [2.45, 2.75) is 12.5 Å². The average molecular weight is 259 g/mol. The van der Waals surface area contributed by atoms with Crippen LogP contribution >= 0.6 is 0 Å². The summed E-state index contributed by atoms with van der Waals surface area (Å²) in [6, 6.07) is 10.5. The number of nitrogens with one attached hydrogen (secondary N) is 1. The molecule has 2 aliphatic heterocycles. The number of rotatable bonds is 3. The summed E-state index contributed by atoms with van der Waals surface area (Å²) in [5, 5.41) is 3.32. The van der Waals surface area contributed by atoms with Crippen LogP contribution in [0.2, 0.25) is 0 Å². The fraction of sp³-hybridized carbons (Fsp3) is 0.533. The van der Waals surface area contributed by atoms with E-state index in [0.29, 0.717) is 5.91 Å². The van der Waals surface area contributed by atoms with Crippen LogP contribution in [0.1, 0.15) is 5.56 Å². The molecule has 3 rings (SSSR count). The van der Waals surface area contributed by atoms with E-state index in [9.17, 15) is 4.79 Å². The Hall–Kier alpha value is -1.39. The van der Waals surface area contributed by atoms with Gasteiger partial charge in [0, 0.05) is 39.3 Å². The van der Waals surface area contributed by atoms with E-state index in [4.69, 9.17) is 0 Å². The second kappa shape index (κ2) is 5.72. The molecule has 1 atom stereocenters. The number of fused-ring (bicyclic) bond motifs is 1. The molecule has 4 nitrogen and oxygen atoms in total. The van der Waals surface area contributed by atoms with Crippen LogP contribution in [-0.2, 0) is 11.2 Å². The van der Waals surface area contributed by atoms with Gasteiger partial charge in [0.2, 0.25) is 5.91 Å². The first kappa shape index (κ1) is 12.6. The molecule has 2 saturated heterocycles. The minimum atomic E-state index is 0.0678. The third-order valence-corrected chi connectivity index (χ3v) is 4.12. The smallest absolute Gasteiger partial charge is 0.241 e. The predicted octanol–water partition coefficient (Wildman–Crippen LogP) is 0.345. The summed E-state index contributed by atoms with van der Waals surface area (Å²) in [5.74, 6) is 0.300. The van der Waals surface area contributed by atoms with Gasteiger partial charge < -0.3 is 10.2 Å². The van der Waals surface area contributed by atoms with Crippen LogP contribution in [0, 0.1) is 0 Å². The third-order valence-electron chi connectivity index (χ3n) is 4.12. The van der Waals surface area contributed by atoms with Crippen molar-refractivity contribution < 1.29 is 4.79 Å². The Kier molecular flexibility index (Phi) is 3.80. The van der Waals surface area contributed by atoms with Crippen molar-refractivity contribution in [2.75, 3.05) is 39.3 Å². The Morgan fingerprint density at radius 1 is 1.16 bits per heavy atom. The maximum atomic E-state index is 12.4. The molecule has 19 heavy (non-hydrogen) atoms. The lowest BCUT2D eigenvalue weighted by Gasteiger charge is -2.43. The SMILES string of the molecule is O=C1C2CNCCN2CCN1CCc1ccccc1. The first-order valence-corrected chi connectivity index (χ1v) is 7.12. The topological polar surface area (TPSA) is 35.6 Å². The zero-order valence-corrected chi connectivity index (χ0v) is 11.2. The van der Waals surface area contributed by atoms with Gasteiger partial charge in [0.25, 0.3) is 0 Å². The van der Waals surface area contributed by atoms with E-state index < -0.39 is 0 Å². The first-order chi connectivity index (χ1) is 9.34. The highest BCUT2D eigenvalue weighted by molar-refractivity contribution is 5.83. The van der Waals surface area contributed by atoms with Gasteiger partial charge in [0.15, 0.2) is 0 Å². The van der Waals surface area contributed by atoms with Crippen molar-refractivity contribution >= 4 is 5.91 Å². The molecule has 0 aliphatic carbocycles. The summed E-state index contributed by atoms with van der Waals surface area (Å²) >= 11 is 0. The van der Waals surface area contributed by atoms with Crippen LogP contribution in [-0.4, -0.2) is 61.0 Å². The summed E-state index contributed by atoms with van der Waals surface area (Å²) in [6.07, 6.45) is 0.951. The summed E-state index contributed by atoms with van der Waals surface area (Å²) in [6.45, 7) is 5.56. The molecule has 2 heterocycles. The lowest BCUT2D eigenvalue weighted by molar-refractivity contribution is -0.142. The fourth-order valence-corrected chi connectivity index (χ4v) is 2.96. The standard InChI is InChI=1S/C15H21N3O/c19-15-14-12-16-7-9-17(14)10-11-18(15)8-6-13-4-2-1-3-5-13/h1-5,14,16H,6-12H2. The molecule has 2 aliphatic rings. The number of hydrogen-bond acceptors (Lipinski definition) is 3. The molecule has 0 bridgehead atoms. The van der Waals surface area contributed by atoms with Gasteiger partial charge in [-0.15, -0.1) is 0 Å². The van der Waals surface area contributed by atoms with Gasteiger partial charge in [0.1, 0.15) is 6.04 Å². The van der Waals surface area contributed by atoms with Crippen molar-refractivity contribution in [2.24, 2.45) is 0 Å². The number of amides is 1. The molecule has 102 valence electrons. The minimum absolute atomic E-state index is 0.0678. The van der Waals surface area contributed by atoms with E-state index in [1.165, 1.54) is 5.56 Å². The van der Waals surface area contributed by atoms with Gasteiger partial charge in [-0.3, -0.25) is 9.69 Å². The molecule has 1 aromatic rings. The number of carbonyl (C=O) groups excluding carboxylic acids is 1. The zero-order chi connectivity index (χ0) is 13.1. The minimum Gasteiger partial charge on any atom is -0.340 e. The van der Waals surface area contributed by atoms with Gasteiger partial charge in [-0.2, -0.15) is 0 Å². The average Bonchev–Trinajstić information content (AvgIpc) is 2.48. The number of nitrogens with zero attached hydrogens (tertiary/aromatic N) is 2. The highest BCUT2D eigenvalue weighted by atomic mass is 16.2. The maximum Gasteiger partial charge on any atom is 0.241 e. The molecule has 1 N–H and O–H groups in total. The van der Waals surface area contributed by atoms with E-state index in [1.54, 1.807) is 0 Å². The van der Waals surface area contributed by atoms with E-state index in [0.717, 1.165) is 45.7 Å². The Morgan fingerprint density at radius 3 is 2.84 bits per heavy atom. The molecular formula is C15H21N3O. The van der Waals surface area contributed by atoms with Gasteiger partial charge in [-0.05, 0) is 12.0 Å². The van der Waals surface area contributed by atoms with E-state index in [2.05, 4.69) is 34.5 Å². The molecule has 0 radical (unpaired) electrons. The number of hydrogen-bond donors (Lipinski definition) is 1. The Balaban J connectivity index is 1.58. The molecule has 0 saturated carbocycles. The van der Waals surface area contributed by atoms with E-state index in [-0.39, 0.29) is 6.04 Å². The van der Waals surface area contributed by atoms with Gasteiger partial charge in [-0.1, -0.05) is 30.3 Å². The van der Waals surface area contributed by atoms with Crippen molar-refractivity contribution in [3.63, 3.8) is 0 Å². The second-order valence-electron chi connectivity index (χ2n) is 5.32. The summed E-state index contributed by atoms with van der Waals surface area (Å²) in [5.41, 5.74) is 1.31. The van der Waals surface area contributed by atoms with Gasteiger partial charge in [0.05, 0.1) is 0 Å². The van der Waals surface area contributed by atoms with E-state index in [1.807, 2.05) is 11.0 Å². The molecule has 1 unspecified atom stereocenters. The lowest BCUT2D eigenvalue weighted by atomic mass is 10.1. The van der Waals surface area contributed by atoms with Crippen LogP contribution in [0.25, 0.3) is 0 Å². The number of benzene rings is 1. The van der Waals surface area contributed by atoms with Crippen LogP contribution in [0.3, 0.4) is 0 Å². The highest BCUT2D eigenvalue weighted by Gasteiger charge is 2.35. The number of carbonyl (C=O) groups is 1. The number of piperazine rings is 2. The van der Waals surface area contributed by atoms with Crippen LogP contribution in [0.5, 0.6) is 0 Å². The Labute approximate surface area is 114 Å². The molecular weight excluding hydrogens is 238 g/mol. The predicted molar refractivity (Wildman–Crippen MR) is 75.0 cm³/mol. The van der Waals surface area contributed by atoms with Crippen molar-refractivity contribution in [3.05, 3.63) is 35.9 Å². The highest BCUT2D eigenvalue weighted by Crippen LogP contribution is 2.13.